The summed E-state index contributed by atoms with van der Waals surface area (Å²) in [7, 11) is 5.62. The average molecular weight is 526 g/mol. The predicted molar refractivity (Wildman–Crippen MR) is 131 cm³/mol. The van der Waals surface area contributed by atoms with Crippen molar-refractivity contribution >= 4 is 46.8 Å². The van der Waals surface area contributed by atoms with E-state index in [-0.39, 0.29) is 30.0 Å². The second-order valence-corrected chi connectivity index (χ2v) is 7.18. The number of fused-ring (bicyclic) bond motifs is 1. The molecule has 0 aliphatic carbocycles. The quantitative estimate of drug-likeness (QED) is 0.186. The summed E-state index contributed by atoms with van der Waals surface area (Å²) in [5.41, 5.74) is 4.38. The Kier molecular flexibility index (Phi) is 8.38. The summed E-state index contributed by atoms with van der Waals surface area (Å²) in [6, 6.07) is 0.229. The van der Waals surface area contributed by atoms with Crippen LogP contribution in [-0.4, -0.2) is 61.7 Å². The summed E-state index contributed by atoms with van der Waals surface area (Å²) < 4.78 is 3.67. The van der Waals surface area contributed by atoms with Crippen molar-refractivity contribution in [1.29, 1.82) is 0 Å². The molecule has 0 amide bonds. The lowest BCUT2D eigenvalue weighted by molar-refractivity contribution is 0.637. The average Bonchev–Trinajstić information content (AvgIpc) is 3.19. The molecule has 11 heteroatoms. The Balaban J connectivity index is 0.00000320. The monoisotopic (exact) mass is 526 g/mol. The Hall–Kier alpha value is -2.44. The Morgan fingerprint density at radius 3 is 2.60 bits per heavy atom. The fourth-order valence-electron chi connectivity index (χ4n) is 3.36. The number of guanidine groups is 1. The molecule has 0 saturated heterocycles. The van der Waals surface area contributed by atoms with Gasteiger partial charge in [-0.1, -0.05) is 0 Å². The molecule has 3 rings (SSSR count). The van der Waals surface area contributed by atoms with E-state index in [0.717, 1.165) is 34.9 Å². The van der Waals surface area contributed by atoms with Crippen LogP contribution in [0.15, 0.2) is 17.5 Å². The first-order valence-corrected chi connectivity index (χ1v) is 9.73. The molecule has 3 aromatic rings. The maximum Gasteiger partial charge on any atom is 0.191 e. The second-order valence-electron chi connectivity index (χ2n) is 7.18. The highest BCUT2D eigenvalue weighted by Gasteiger charge is 2.14. The van der Waals surface area contributed by atoms with E-state index in [9.17, 15) is 0 Å². The zero-order valence-corrected chi connectivity index (χ0v) is 20.7. The van der Waals surface area contributed by atoms with Crippen molar-refractivity contribution in [3.05, 3.63) is 29.5 Å². The molecule has 0 aliphatic rings. The van der Waals surface area contributed by atoms with Gasteiger partial charge in [-0.3, -0.25) is 14.4 Å². The predicted octanol–water partition coefficient (Wildman–Crippen LogP) is 1.54. The van der Waals surface area contributed by atoms with Crippen molar-refractivity contribution in [2.75, 3.05) is 25.5 Å². The number of hydrogen-bond acceptors (Lipinski definition) is 6. The van der Waals surface area contributed by atoms with Gasteiger partial charge in [0.1, 0.15) is 12.1 Å². The highest BCUT2D eigenvalue weighted by atomic mass is 127. The SMILES string of the molecule is CN=C(NCCNc1ncnc2c1cnn2C)NC(C)Cc1c(C)nn(C)c1C.I. The molecule has 0 radical (unpaired) electrons. The summed E-state index contributed by atoms with van der Waals surface area (Å²) in [5, 5.41) is 19.7. The number of nitrogens with zero attached hydrogens (tertiary/aromatic N) is 7. The maximum absolute atomic E-state index is 4.49. The molecule has 3 N–H and O–H groups in total. The standard InChI is InChI=1S/C19H30N10.HI/c1-12(9-15-13(2)27-28(5)14(15)3)26-19(20-4)22-8-7-21-17-16-10-25-29(6)18(16)24-11-23-17;/h10-12H,7-9H2,1-6H3,(H2,20,22,26)(H,21,23,24);1H. The van der Waals surface area contributed by atoms with Gasteiger partial charge in [0.15, 0.2) is 11.6 Å². The Bertz CT molecular complexity index is 1010. The van der Waals surface area contributed by atoms with Crippen LogP contribution in [0.1, 0.15) is 23.9 Å². The minimum atomic E-state index is 0. The number of rotatable bonds is 7. The molecule has 3 heterocycles. The number of anilines is 1. The van der Waals surface area contributed by atoms with E-state index in [0.29, 0.717) is 13.1 Å². The normalized spacial score (nSPS) is 12.5. The van der Waals surface area contributed by atoms with Crippen molar-refractivity contribution in [2.45, 2.75) is 33.2 Å². The maximum atomic E-state index is 4.49. The van der Waals surface area contributed by atoms with Crippen LogP contribution in [-0.2, 0) is 20.5 Å². The van der Waals surface area contributed by atoms with Gasteiger partial charge in [0.05, 0.1) is 17.3 Å². The van der Waals surface area contributed by atoms with Crippen LogP contribution in [0.5, 0.6) is 0 Å². The van der Waals surface area contributed by atoms with Gasteiger partial charge in [-0.25, -0.2) is 9.97 Å². The highest BCUT2D eigenvalue weighted by molar-refractivity contribution is 14.0. The van der Waals surface area contributed by atoms with Crippen molar-refractivity contribution in [1.82, 2.24) is 40.2 Å². The first-order chi connectivity index (χ1) is 13.9. The van der Waals surface area contributed by atoms with E-state index < -0.39 is 0 Å². The summed E-state index contributed by atoms with van der Waals surface area (Å²) in [4.78, 5) is 12.9. The van der Waals surface area contributed by atoms with Crippen molar-refractivity contribution in [3.8, 4) is 0 Å². The molecule has 0 aliphatic heterocycles. The van der Waals surface area contributed by atoms with Gasteiger partial charge in [0.25, 0.3) is 0 Å². The molecule has 0 saturated carbocycles. The minimum Gasteiger partial charge on any atom is -0.368 e. The van der Waals surface area contributed by atoms with Gasteiger partial charge in [0, 0.05) is 46.0 Å². The number of aromatic nitrogens is 6. The van der Waals surface area contributed by atoms with E-state index >= 15 is 0 Å². The van der Waals surface area contributed by atoms with Gasteiger partial charge in [-0.05, 0) is 32.8 Å². The van der Waals surface area contributed by atoms with E-state index in [1.54, 1.807) is 24.3 Å². The van der Waals surface area contributed by atoms with Crippen LogP contribution in [0.4, 0.5) is 5.82 Å². The lowest BCUT2D eigenvalue weighted by Crippen LogP contribution is -2.44. The van der Waals surface area contributed by atoms with E-state index in [4.69, 9.17) is 0 Å². The molecule has 0 bridgehead atoms. The van der Waals surface area contributed by atoms with Gasteiger partial charge >= 0.3 is 0 Å². The number of hydrogen-bond donors (Lipinski definition) is 3. The molecular formula is C19H31IN10. The lowest BCUT2D eigenvalue weighted by Gasteiger charge is -2.18. The zero-order chi connectivity index (χ0) is 21.0. The van der Waals surface area contributed by atoms with Crippen molar-refractivity contribution in [3.63, 3.8) is 0 Å². The summed E-state index contributed by atoms with van der Waals surface area (Å²) in [5.74, 6) is 1.55. The molecule has 0 spiro atoms. The number of aliphatic imine (C=N–C) groups is 1. The molecule has 10 nitrogen and oxygen atoms in total. The Labute approximate surface area is 194 Å². The van der Waals surface area contributed by atoms with E-state index in [2.05, 4.69) is 61.9 Å². The van der Waals surface area contributed by atoms with Crippen LogP contribution < -0.4 is 16.0 Å². The van der Waals surface area contributed by atoms with Gasteiger partial charge < -0.3 is 16.0 Å². The molecule has 0 aromatic carbocycles. The Morgan fingerprint density at radius 2 is 1.93 bits per heavy atom. The smallest absolute Gasteiger partial charge is 0.191 e. The third kappa shape index (κ3) is 5.37. The zero-order valence-electron chi connectivity index (χ0n) is 18.4. The summed E-state index contributed by atoms with van der Waals surface area (Å²) in [6.07, 6.45) is 4.21. The molecule has 1 atom stereocenters. The van der Waals surface area contributed by atoms with Crippen LogP contribution in [0.3, 0.4) is 0 Å². The molecular weight excluding hydrogens is 495 g/mol. The van der Waals surface area contributed by atoms with Crippen LogP contribution >= 0.6 is 24.0 Å². The topological polar surface area (TPSA) is 110 Å². The van der Waals surface area contributed by atoms with Crippen LogP contribution in [0, 0.1) is 13.8 Å². The summed E-state index contributed by atoms with van der Waals surface area (Å²) in [6.45, 7) is 7.70. The molecule has 0 fully saturated rings. The third-order valence-electron chi connectivity index (χ3n) is 5.02. The van der Waals surface area contributed by atoms with E-state index in [1.165, 1.54) is 11.3 Å². The fourth-order valence-corrected chi connectivity index (χ4v) is 3.36. The first-order valence-electron chi connectivity index (χ1n) is 9.73. The number of aryl methyl sites for hydroxylation is 3. The summed E-state index contributed by atoms with van der Waals surface area (Å²) >= 11 is 0. The van der Waals surface area contributed by atoms with E-state index in [1.807, 2.05) is 18.8 Å². The van der Waals surface area contributed by atoms with Gasteiger partial charge in [-0.15, -0.1) is 24.0 Å². The van der Waals surface area contributed by atoms with Crippen LogP contribution in [0.25, 0.3) is 11.0 Å². The molecule has 164 valence electrons. The largest absolute Gasteiger partial charge is 0.368 e. The number of halogens is 1. The molecule has 30 heavy (non-hydrogen) atoms. The minimum absolute atomic E-state index is 0. The fraction of sp³-hybridized carbons (Fsp3) is 0.526. The van der Waals surface area contributed by atoms with Crippen LogP contribution in [0.2, 0.25) is 0 Å². The number of nitrogens with one attached hydrogen (secondary N) is 3. The van der Waals surface area contributed by atoms with Crippen molar-refractivity contribution < 1.29 is 0 Å². The molecule has 3 aromatic heterocycles. The Morgan fingerprint density at radius 1 is 1.17 bits per heavy atom. The van der Waals surface area contributed by atoms with Crippen molar-refractivity contribution in [2.24, 2.45) is 19.1 Å². The lowest BCUT2D eigenvalue weighted by atomic mass is 10.1. The third-order valence-corrected chi connectivity index (χ3v) is 5.02. The molecule has 1 unspecified atom stereocenters. The second kappa shape index (κ2) is 10.5. The highest BCUT2D eigenvalue weighted by Crippen LogP contribution is 2.17. The van der Waals surface area contributed by atoms with Gasteiger partial charge in [-0.2, -0.15) is 10.2 Å². The van der Waals surface area contributed by atoms with Gasteiger partial charge in [0.2, 0.25) is 0 Å². The first kappa shape index (κ1) is 23.8.